The fraction of sp³-hybridized carbons (Fsp3) is 0.0152. The second-order valence-corrected chi connectivity index (χ2v) is 35.3. The van der Waals surface area contributed by atoms with Gasteiger partial charge in [0, 0.05) is 39.5 Å². The van der Waals surface area contributed by atoms with Crippen molar-refractivity contribution < 1.29 is 0 Å². The van der Waals surface area contributed by atoms with Gasteiger partial charge in [-0.15, -0.1) is 0 Å². The van der Waals surface area contributed by atoms with Crippen molar-refractivity contribution in [3.05, 3.63) is 591 Å². The number of rotatable bonds is 17. The Morgan fingerprint density at radius 3 is 0.813 bits per heavy atom. The second-order valence-electron chi connectivity index (χ2n) is 35.3. The zero-order valence-electron chi connectivity index (χ0n) is 73.9. The van der Waals surface area contributed by atoms with E-state index in [-0.39, 0.29) is 0 Å². The van der Waals surface area contributed by atoms with E-state index in [1.807, 2.05) is 0 Å². The summed E-state index contributed by atoms with van der Waals surface area (Å²) in [4.78, 5) is 0. The van der Waals surface area contributed by atoms with E-state index in [1.54, 1.807) is 0 Å². The maximum absolute atomic E-state index is 2.53. The van der Waals surface area contributed by atoms with Crippen LogP contribution in [0.4, 0.5) is 0 Å². The van der Waals surface area contributed by atoms with Crippen LogP contribution in [-0.2, 0) is 10.8 Å². The van der Waals surface area contributed by atoms with Gasteiger partial charge >= 0.3 is 0 Å². The van der Waals surface area contributed by atoms with E-state index in [4.69, 9.17) is 0 Å². The summed E-state index contributed by atoms with van der Waals surface area (Å²) < 4.78 is 4.96. The minimum absolute atomic E-state index is 0.516. The van der Waals surface area contributed by atoms with E-state index in [0.29, 0.717) is 0 Å². The first kappa shape index (κ1) is 80.0. The average Bonchev–Trinajstić information content (AvgIpc) is 1.53. The van der Waals surface area contributed by atoms with Crippen molar-refractivity contribution in [2.75, 3.05) is 0 Å². The topological polar surface area (TPSA) is 9.86 Å². The number of nitrogens with zero attached hydrogens (tertiary/aromatic N) is 2. The molecular weight excluding hydrogens is 1610 g/mol. The number of benzene rings is 21. The van der Waals surface area contributed by atoms with Crippen molar-refractivity contribution in [2.45, 2.75) is 10.8 Å². The summed E-state index contributed by atoms with van der Waals surface area (Å²) in [5.74, 6) is 0. The van der Waals surface area contributed by atoms with Gasteiger partial charge in [-0.2, -0.15) is 0 Å². The van der Waals surface area contributed by atoms with Gasteiger partial charge in [0.2, 0.25) is 0 Å². The monoisotopic (exact) mass is 1700 g/mol. The quantitative estimate of drug-likeness (QED) is 0.0860. The van der Waals surface area contributed by atoms with E-state index in [2.05, 4.69) is 555 Å². The van der Waals surface area contributed by atoms with Crippen LogP contribution in [0.15, 0.2) is 546 Å². The van der Waals surface area contributed by atoms with Gasteiger partial charge in [0.15, 0.2) is 0 Å². The van der Waals surface area contributed by atoms with Crippen LogP contribution >= 0.6 is 0 Å². The minimum Gasteiger partial charge on any atom is -0.316 e. The fourth-order valence-electron chi connectivity index (χ4n) is 21.6. The van der Waals surface area contributed by atoms with Gasteiger partial charge in [-0.3, -0.25) is 0 Å². The molecule has 21 aromatic carbocycles. The van der Waals surface area contributed by atoms with E-state index >= 15 is 0 Å². The Morgan fingerprint density at radius 2 is 0.418 bits per heavy atom. The van der Waals surface area contributed by atoms with Gasteiger partial charge in [-0.25, -0.2) is 0 Å². The van der Waals surface area contributed by atoms with Gasteiger partial charge in [-0.1, -0.05) is 455 Å². The lowest BCUT2D eigenvalue weighted by molar-refractivity contribution is 0.767. The number of hydrogen-bond donors (Lipinski definition) is 0. The predicted molar refractivity (Wildman–Crippen MR) is 561 cm³/mol. The molecule has 0 saturated heterocycles. The number of fused-ring (bicyclic) bond motifs is 8. The number of hydrogen-bond acceptors (Lipinski definition) is 0. The maximum Gasteiger partial charge on any atom is 0.0714 e. The van der Waals surface area contributed by atoms with Gasteiger partial charge in [-0.05, 0) is 257 Å². The largest absolute Gasteiger partial charge is 0.316 e. The molecule has 25 rings (SSSR count). The Balaban J connectivity index is 0.000000148. The summed E-state index contributed by atoms with van der Waals surface area (Å²) in [6.45, 7) is 0. The Bertz CT molecular complexity index is 8040. The van der Waals surface area contributed by atoms with Gasteiger partial charge in [0.25, 0.3) is 0 Å². The zero-order chi connectivity index (χ0) is 88.9. The molecule has 2 aliphatic rings. The molecule has 2 aliphatic carbocycles. The first-order chi connectivity index (χ1) is 66.4. The minimum atomic E-state index is -0.518. The van der Waals surface area contributed by atoms with Crippen molar-refractivity contribution in [3.8, 4) is 156 Å². The molecule has 2 heterocycles. The lowest BCUT2D eigenvalue weighted by atomic mass is 9.67. The van der Waals surface area contributed by atoms with Crippen LogP contribution in [0, 0.1) is 0 Å². The van der Waals surface area contributed by atoms with E-state index in [9.17, 15) is 0 Å². The summed E-state index contributed by atoms with van der Waals surface area (Å²) in [7, 11) is 0. The number of aromatic nitrogens is 2. The third kappa shape index (κ3) is 14.1. The SMILES string of the molecule is c1ccc(-c2cc(-c3ccccc3)cc(-c3ccc4c(c3)c(-c3cc(-c5ccccc5)cc(-c5ccccc5)c3)cn4-c3ccc4c(c3)C(c3ccccc3)(c3ccccc3)c3ccccc3-4)c2)cc1.c1ccc(-c2ccc(-c3ccc4c(c3)c(-c3ccc(-c5ccccc5)cc3)c(-c3ccccc3)n4-c3ccc4c(c3)C(c3ccccc3)(c3ccccc3)c3ccccc3-4)cc2)cc1. The highest BCUT2D eigenvalue weighted by Crippen LogP contribution is 2.60. The summed E-state index contributed by atoms with van der Waals surface area (Å²) in [6, 6.07) is 198. The maximum atomic E-state index is 2.53. The first-order valence-electron chi connectivity index (χ1n) is 46.4. The molecule has 0 aliphatic heterocycles. The molecule has 0 atom stereocenters. The van der Waals surface area contributed by atoms with Crippen LogP contribution in [0.3, 0.4) is 0 Å². The van der Waals surface area contributed by atoms with Crippen molar-refractivity contribution in [1.82, 2.24) is 9.13 Å². The Kier molecular flexibility index (Phi) is 20.5. The van der Waals surface area contributed by atoms with Crippen LogP contribution in [0.1, 0.15) is 44.5 Å². The van der Waals surface area contributed by atoms with E-state index in [1.165, 1.54) is 194 Å². The molecule has 2 nitrogen and oxygen atoms in total. The second kappa shape index (κ2) is 34.3. The molecule has 628 valence electrons. The van der Waals surface area contributed by atoms with Crippen LogP contribution in [0.5, 0.6) is 0 Å². The molecule has 0 spiro atoms. The highest BCUT2D eigenvalue weighted by atomic mass is 15.0. The molecule has 0 saturated carbocycles. The van der Waals surface area contributed by atoms with Crippen LogP contribution in [-0.4, -0.2) is 9.13 Å². The van der Waals surface area contributed by atoms with Crippen LogP contribution < -0.4 is 0 Å². The van der Waals surface area contributed by atoms with Crippen molar-refractivity contribution in [1.29, 1.82) is 0 Å². The zero-order valence-corrected chi connectivity index (χ0v) is 73.9. The average molecular weight is 1700 g/mol. The molecule has 2 heteroatoms. The molecule has 0 unspecified atom stereocenters. The van der Waals surface area contributed by atoms with Crippen molar-refractivity contribution in [3.63, 3.8) is 0 Å². The lowest BCUT2D eigenvalue weighted by Gasteiger charge is -2.34. The first-order valence-corrected chi connectivity index (χ1v) is 46.4. The molecule has 0 N–H and O–H groups in total. The summed E-state index contributed by atoms with van der Waals surface area (Å²) in [5.41, 5.74) is 44.9. The van der Waals surface area contributed by atoms with Crippen molar-refractivity contribution >= 4 is 21.8 Å². The van der Waals surface area contributed by atoms with Crippen LogP contribution in [0.25, 0.3) is 178 Å². The summed E-state index contributed by atoms with van der Waals surface area (Å²) >= 11 is 0. The summed E-state index contributed by atoms with van der Waals surface area (Å²) in [5, 5.41) is 2.39. The third-order valence-corrected chi connectivity index (χ3v) is 27.8. The molecule has 23 aromatic rings. The van der Waals surface area contributed by atoms with E-state index < -0.39 is 10.8 Å². The smallest absolute Gasteiger partial charge is 0.0714 e. The highest BCUT2D eigenvalue weighted by Gasteiger charge is 2.48. The Morgan fingerprint density at radius 1 is 0.149 bits per heavy atom. The van der Waals surface area contributed by atoms with Gasteiger partial charge in [0.05, 0.1) is 27.6 Å². The third-order valence-electron chi connectivity index (χ3n) is 27.8. The fourth-order valence-corrected chi connectivity index (χ4v) is 21.6. The Hall–Kier alpha value is -17.3. The molecule has 0 bridgehead atoms. The van der Waals surface area contributed by atoms with Gasteiger partial charge < -0.3 is 9.13 Å². The van der Waals surface area contributed by atoms with E-state index in [0.717, 1.165) is 28.0 Å². The van der Waals surface area contributed by atoms with Crippen LogP contribution in [0.2, 0.25) is 0 Å². The molecule has 2 aromatic heterocycles. The molecule has 134 heavy (non-hydrogen) atoms. The molecule has 0 radical (unpaired) electrons. The lowest BCUT2D eigenvalue weighted by Crippen LogP contribution is -2.28. The standard InChI is InChI=1S/C69H47N.C63H43N/c1-7-21-48(22-8-1)53-39-54(49-23-9-2-10-24-49)42-57(41-53)52-35-38-68-64(45-52)65(58-43-55(50-25-11-3-12-26-50)40-56(44-58)51-27-13-4-14-28-51)47-70(68)61-36-37-63-62-33-19-20-34-66(62)69(67(63)46-61,59-29-15-5-16-30-59)60-31-17-6-18-32-60;1-6-18-44(19-7-1)46-30-32-48(33-31-46)51-38-41-60-57(42-51)61(49-36-34-47(35-37-49)45-20-8-2-9-21-45)62(50-22-10-3-11-23-50)64(60)54-39-40-56-55-28-16-17-29-58(55)63(59(56)43-54,52-24-12-4-13-25-52)53-26-14-5-15-27-53/h1-47H;1-43H. The molecule has 0 amide bonds. The molecule has 0 fully saturated rings. The normalized spacial score (nSPS) is 12.4. The van der Waals surface area contributed by atoms with Gasteiger partial charge in [0.1, 0.15) is 0 Å². The molecular formula is C132H90N2. The summed E-state index contributed by atoms with van der Waals surface area (Å²) in [6.07, 6.45) is 2.39. The van der Waals surface area contributed by atoms with Crippen molar-refractivity contribution in [2.24, 2.45) is 0 Å². The predicted octanol–water partition coefficient (Wildman–Crippen LogP) is 34.3. The Labute approximate surface area is 782 Å². The highest BCUT2D eigenvalue weighted by molar-refractivity contribution is 6.08.